The number of thiazole rings is 1. The second-order valence-electron chi connectivity index (χ2n) is 5.85. The topological polar surface area (TPSA) is 43.6 Å². The Hall–Kier alpha value is -2.40. The summed E-state index contributed by atoms with van der Waals surface area (Å²) in [7, 11) is 3.59. The quantitative estimate of drug-likeness (QED) is 0.732. The standard InChI is InChI=1S/C19H20N2O2S/c1-12-5-6-13(2)18-17(12)21(3)19(24-18)20-16(22)11-14-7-9-15(23-4)10-8-14/h5-10H,11H2,1-4H3. The van der Waals surface area contributed by atoms with Gasteiger partial charge in [-0.3, -0.25) is 4.79 Å². The number of ether oxygens (including phenoxy) is 1. The van der Waals surface area contributed by atoms with Crippen molar-refractivity contribution in [2.75, 3.05) is 7.11 Å². The molecule has 3 rings (SSSR count). The molecule has 1 heterocycles. The van der Waals surface area contributed by atoms with E-state index in [-0.39, 0.29) is 12.3 Å². The van der Waals surface area contributed by atoms with E-state index >= 15 is 0 Å². The van der Waals surface area contributed by atoms with Crippen molar-refractivity contribution in [3.8, 4) is 5.75 Å². The van der Waals surface area contributed by atoms with Gasteiger partial charge in [0.25, 0.3) is 5.91 Å². The van der Waals surface area contributed by atoms with Crippen molar-refractivity contribution in [2.45, 2.75) is 20.3 Å². The van der Waals surface area contributed by atoms with Crippen LogP contribution in [0.1, 0.15) is 16.7 Å². The van der Waals surface area contributed by atoms with Crippen LogP contribution >= 0.6 is 11.3 Å². The Kier molecular flexibility index (Phi) is 4.53. The fourth-order valence-corrected chi connectivity index (χ4v) is 3.92. The van der Waals surface area contributed by atoms with Crippen LogP contribution in [0.25, 0.3) is 10.2 Å². The predicted octanol–water partition coefficient (Wildman–Crippen LogP) is 3.54. The number of fused-ring (bicyclic) bond motifs is 1. The second kappa shape index (κ2) is 6.61. The second-order valence-corrected chi connectivity index (χ2v) is 6.83. The van der Waals surface area contributed by atoms with Gasteiger partial charge < -0.3 is 9.30 Å². The molecule has 0 radical (unpaired) electrons. The summed E-state index contributed by atoms with van der Waals surface area (Å²) < 4.78 is 8.33. The van der Waals surface area contributed by atoms with Crippen molar-refractivity contribution in [1.29, 1.82) is 0 Å². The van der Waals surface area contributed by atoms with Crippen LogP contribution in [0.5, 0.6) is 5.75 Å². The van der Waals surface area contributed by atoms with Gasteiger partial charge in [-0.2, -0.15) is 4.99 Å². The van der Waals surface area contributed by atoms with Gasteiger partial charge in [-0.1, -0.05) is 35.6 Å². The number of aryl methyl sites for hydroxylation is 3. The summed E-state index contributed by atoms with van der Waals surface area (Å²) in [5.74, 6) is 0.641. The summed E-state index contributed by atoms with van der Waals surface area (Å²) in [4.78, 5) is 17.4. The molecule has 0 fully saturated rings. The summed E-state index contributed by atoms with van der Waals surface area (Å²) >= 11 is 1.57. The molecule has 0 bridgehead atoms. The fourth-order valence-electron chi connectivity index (χ4n) is 2.73. The molecule has 0 saturated carbocycles. The van der Waals surface area contributed by atoms with Crippen LogP contribution in [0, 0.1) is 13.8 Å². The van der Waals surface area contributed by atoms with Gasteiger partial charge in [0, 0.05) is 7.05 Å². The van der Waals surface area contributed by atoms with Gasteiger partial charge in [-0.15, -0.1) is 0 Å². The number of hydrogen-bond acceptors (Lipinski definition) is 3. The lowest BCUT2D eigenvalue weighted by atomic mass is 10.1. The van der Waals surface area contributed by atoms with Gasteiger partial charge >= 0.3 is 0 Å². The van der Waals surface area contributed by atoms with Crippen LogP contribution in [0.3, 0.4) is 0 Å². The van der Waals surface area contributed by atoms with Gasteiger partial charge in [0.15, 0.2) is 4.80 Å². The van der Waals surface area contributed by atoms with Crippen molar-refractivity contribution >= 4 is 27.5 Å². The summed E-state index contributed by atoms with van der Waals surface area (Å²) in [6.07, 6.45) is 0.288. The van der Waals surface area contributed by atoms with Crippen LogP contribution in [0.2, 0.25) is 0 Å². The van der Waals surface area contributed by atoms with E-state index < -0.39 is 0 Å². The fraction of sp³-hybridized carbons (Fsp3) is 0.263. The maximum atomic E-state index is 12.3. The Balaban J connectivity index is 1.94. The average Bonchev–Trinajstić information content (AvgIpc) is 2.90. The van der Waals surface area contributed by atoms with Gasteiger partial charge in [0.05, 0.1) is 23.7 Å². The SMILES string of the molecule is COc1ccc(CC(=O)N=c2sc3c(C)ccc(C)c3n2C)cc1. The molecular formula is C19H20N2O2S. The third-order valence-corrected chi connectivity index (χ3v) is 5.35. The molecule has 0 spiro atoms. The summed E-state index contributed by atoms with van der Waals surface area (Å²) in [5.41, 5.74) is 4.48. The monoisotopic (exact) mass is 340 g/mol. The molecule has 5 heteroatoms. The number of carbonyl (C=O) groups is 1. The maximum absolute atomic E-state index is 12.3. The number of carbonyl (C=O) groups excluding carboxylic acids is 1. The summed E-state index contributed by atoms with van der Waals surface area (Å²) in [6.45, 7) is 4.17. The number of aromatic nitrogens is 1. The van der Waals surface area contributed by atoms with Gasteiger partial charge in [-0.05, 0) is 42.7 Å². The van der Waals surface area contributed by atoms with E-state index in [1.807, 2.05) is 35.9 Å². The largest absolute Gasteiger partial charge is 0.497 e. The lowest BCUT2D eigenvalue weighted by Gasteiger charge is -2.02. The van der Waals surface area contributed by atoms with E-state index in [1.54, 1.807) is 18.4 Å². The number of amides is 1. The first-order valence-corrected chi connectivity index (χ1v) is 8.57. The molecule has 0 N–H and O–H groups in total. The lowest BCUT2D eigenvalue weighted by Crippen LogP contribution is -2.14. The zero-order valence-electron chi connectivity index (χ0n) is 14.3. The van der Waals surface area contributed by atoms with Crippen LogP contribution in [0.4, 0.5) is 0 Å². The molecule has 4 nitrogen and oxygen atoms in total. The number of methoxy groups -OCH3 is 1. The van der Waals surface area contributed by atoms with Crippen molar-refractivity contribution in [3.05, 3.63) is 57.9 Å². The molecule has 0 unspecified atom stereocenters. The first-order chi connectivity index (χ1) is 11.5. The minimum absolute atomic E-state index is 0.141. The zero-order chi connectivity index (χ0) is 17.3. The molecule has 2 aromatic carbocycles. The normalized spacial score (nSPS) is 11.9. The molecule has 1 aromatic heterocycles. The number of hydrogen-bond donors (Lipinski definition) is 0. The first kappa shape index (κ1) is 16.5. The van der Waals surface area contributed by atoms with Crippen molar-refractivity contribution in [1.82, 2.24) is 4.57 Å². The Bertz CT molecular complexity index is 965. The van der Waals surface area contributed by atoms with E-state index in [4.69, 9.17) is 4.74 Å². The van der Waals surface area contributed by atoms with Crippen molar-refractivity contribution in [3.63, 3.8) is 0 Å². The van der Waals surface area contributed by atoms with Crippen molar-refractivity contribution < 1.29 is 9.53 Å². The van der Waals surface area contributed by atoms with E-state index in [0.717, 1.165) is 21.6 Å². The Morgan fingerprint density at radius 3 is 2.42 bits per heavy atom. The smallest absolute Gasteiger partial charge is 0.252 e. The van der Waals surface area contributed by atoms with Crippen LogP contribution in [0.15, 0.2) is 41.4 Å². The highest BCUT2D eigenvalue weighted by Crippen LogP contribution is 2.24. The molecule has 3 aromatic rings. The third kappa shape index (κ3) is 3.12. The van der Waals surface area contributed by atoms with E-state index in [0.29, 0.717) is 0 Å². The van der Waals surface area contributed by atoms with E-state index in [2.05, 4.69) is 31.0 Å². The Morgan fingerprint density at radius 1 is 1.12 bits per heavy atom. The Labute approximate surface area is 145 Å². The number of nitrogens with zero attached hydrogens (tertiary/aromatic N) is 2. The highest BCUT2D eigenvalue weighted by molar-refractivity contribution is 7.16. The highest BCUT2D eigenvalue weighted by Gasteiger charge is 2.10. The number of rotatable bonds is 3. The predicted molar refractivity (Wildman–Crippen MR) is 97.5 cm³/mol. The molecule has 0 aliphatic heterocycles. The van der Waals surface area contributed by atoms with Crippen LogP contribution in [-0.2, 0) is 18.3 Å². The minimum atomic E-state index is -0.141. The molecule has 0 saturated heterocycles. The van der Waals surface area contributed by atoms with Crippen LogP contribution in [-0.4, -0.2) is 17.6 Å². The highest BCUT2D eigenvalue weighted by atomic mass is 32.1. The summed E-state index contributed by atoms with van der Waals surface area (Å²) in [5, 5.41) is 0. The molecule has 0 atom stereocenters. The van der Waals surface area contributed by atoms with E-state index in [9.17, 15) is 4.79 Å². The van der Waals surface area contributed by atoms with Crippen LogP contribution < -0.4 is 9.54 Å². The van der Waals surface area contributed by atoms with Gasteiger partial charge in [0.1, 0.15) is 5.75 Å². The van der Waals surface area contributed by atoms with Crippen molar-refractivity contribution in [2.24, 2.45) is 12.0 Å². The minimum Gasteiger partial charge on any atom is -0.497 e. The molecule has 124 valence electrons. The average molecular weight is 340 g/mol. The lowest BCUT2D eigenvalue weighted by molar-refractivity contribution is -0.117. The summed E-state index contributed by atoms with van der Waals surface area (Å²) in [6, 6.07) is 11.7. The first-order valence-electron chi connectivity index (χ1n) is 7.76. The molecular weight excluding hydrogens is 320 g/mol. The van der Waals surface area contributed by atoms with Gasteiger partial charge in [0.2, 0.25) is 0 Å². The molecule has 0 aliphatic rings. The zero-order valence-corrected chi connectivity index (χ0v) is 15.1. The van der Waals surface area contributed by atoms with Gasteiger partial charge in [-0.25, -0.2) is 0 Å². The maximum Gasteiger partial charge on any atom is 0.252 e. The third-order valence-electron chi connectivity index (χ3n) is 4.08. The Morgan fingerprint density at radius 2 is 1.79 bits per heavy atom. The van der Waals surface area contributed by atoms with E-state index in [1.165, 1.54) is 15.8 Å². The molecule has 1 amide bonds. The number of benzene rings is 2. The molecule has 24 heavy (non-hydrogen) atoms. The molecule has 0 aliphatic carbocycles.